The van der Waals surface area contributed by atoms with Crippen LogP contribution in [0.1, 0.15) is 4.88 Å². The van der Waals surface area contributed by atoms with Crippen LogP contribution < -0.4 is 4.90 Å². The number of phenolic OH excluding ortho intramolecular Hbond substituents is 1. The number of carbonyl (C=O) groups is 1. The average molecular weight is 527 g/mol. The quantitative estimate of drug-likeness (QED) is 0.502. The number of anilines is 1. The van der Waals surface area contributed by atoms with Gasteiger partial charge in [-0.1, -0.05) is 12.1 Å². The normalized spacial score (nSPS) is 16.9. The summed E-state index contributed by atoms with van der Waals surface area (Å²) < 4.78 is 11.7. The molecule has 0 radical (unpaired) electrons. The first-order valence-electron chi connectivity index (χ1n) is 12.7. The number of fused-ring (bicyclic) bond motifs is 1. The highest BCUT2D eigenvalue weighted by Crippen LogP contribution is 2.35. The Bertz CT molecular complexity index is 1220. The number of phenols is 1. The Morgan fingerprint density at radius 1 is 1.14 bits per heavy atom. The summed E-state index contributed by atoms with van der Waals surface area (Å²) in [5.74, 6) is 1.74. The number of nitrogens with zero attached hydrogens (tertiary/aromatic N) is 6. The first-order chi connectivity index (χ1) is 18.0. The molecule has 2 amide bonds. The Balaban J connectivity index is 1.33. The summed E-state index contributed by atoms with van der Waals surface area (Å²) in [6.07, 6.45) is 0. The van der Waals surface area contributed by atoms with Crippen LogP contribution in [0.15, 0.2) is 30.3 Å². The van der Waals surface area contributed by atoms with Crippen LogP contribution in [0, 0.1) is 0 Å². The van der Waals surface area contributed by atoms with Crippen molar-refractivity contribution >= 4 is 33.4 Å². The molecule has 0 atom stereocenters. The maximum atomic E-state index is 12.7. The van der Waals surface area contributed by atoms with Crippen molar-refractivity contribution in [3.63, 3.8) is 0 Å². The Kier molecular flexibility index (Phi) is 8.04. The van der Waals surface area contributed by atoms with Crippen molar-refractivity contribution in [1.29, 1.82) is 0 Å². The molecular weight excluding hydrogens is 492 g/mol. The van der Waals surface area contributed by atoms with Crippen molar-refractivity contribution in [2.75, 3.05) is 84.7 Å². The van der Waals surface area contributed by atoms with Gasteiger partial charge in [-0.05, 0) is 18.2 Å². The summed E-state index contributed by atoms with van der Waals surface area (Å²) in [5.41, 5.74) is 1.71. The molecule has 1 N–H and O–H groups in total. The van der Waals surface area contributed by atoms with E-state index >= 15 is 0 Å². The van der Waals surface area contributed by atoms with E-state index in [4.69, 9.17) is 19.4 Å². The number of ether oxygens (including phenoxy) is 2. The number of rotatable bonds is 7. The van der Waals surface area contributed by atoms with Gasteiger partial charge in [-0.2, -0.15) is 0 Å². The molecule has 0 aliphatic carbocycles. The van der Waals surface area contributed by atoms with Gasteiger partial charge in [0.2, 0.25) is 0 Å². The largest absolute Gasteiger partial charge is 0.508 e. The van der Waals surface area contributed by atoms with Gasteiger partial charge in [0.05, 0.1) is 30.0 Å². The number of aromatic nitrogens is 2. The number of carbonyl (C=O) groups excluding carboxylic acids is 1. The monoisotopic (exact) mass is 526 g/mol. The maximum absolute atomic E-state index is 12.7. The highest BCUT2D eigenvalue weighted by molar-refractivity contribution is 7.19. The molecule has 2 fully saturated rings. The van der Waals surface area contributed by atoms with Crippen LogP contribution in [0.3, 0.4) is 0 Å². The molecule has 0 spiro atoms. The third kappa shape index (κ3) is 5.96. The van der Waals surface area contributed by atoms with E-state index in [2.05, 4.69) is 15.9 Å². The van der Waals surface area contributed by atoms with Gasteiger partial charge in [0.25, 0.3) is 0 Å². The number of likely N-dealkylation sites (N-methyl/N-ethyl adjacent to an activating group) is 1. The fourth-order valence-corrected chi connectivity index (χ4v) is 5.84. The Labute approximate surface area is 221 Å². The number of hydrogen-bond acceptors (Lipinski definition) is 9. The van der Waals surface area contributed by atoms with Crippen molar-refractivity contribution in [3.05, 3.63) is 35.2 Å². The molecule has 0 unspecified atom stereocenters. The SMILES string of the molecule is COCCN(C)C(=O)N1CCN(Cc2cc3nc(-c4cccc(O)c4)nc(N4CCOCC4)c3s2)CC1. The molecule has 4 heterocycles. The lowest BCUT2D eigenvalue weighted by Gasteiger charge is -2.36. The van der Waals surface area contributed by atoms with Crippen molar-refractivity contribution in [2.45, 2.75) is 6.54 Å². The lowest BCUT2D eigenvalue weighted by molar-refractivity contribution is 0.105. The molecule has 37 heavy (non-hydrogen) atoms. The summed E-state index contributed by atoms with van der Waals surface area (Å²) in [6, 6.07) is 9.30. The third-order valence-corrected chi connectivity index (χ3v) is 7.90. The lowest BCUT2D eigenvalue weighted by atomic mass is 10.2. The van der Waals surface area contributed by atoms with E-state index in [0.717, 1.165) is 54.3 Å². The van der Waals surface area contributed by atoms with E-state index in [1.165, 1.54) is 4.88 Å². The first kappa shape index (κ1) is 25.7. The van der Waals surface area contributed by atoms with Crippen LogP contribution in [0.5, 0.6) is 5.75 Å². The number of thiophene rings is 1. The topological polar surface area (TPSA) is 94.5 Å². The Morgan fingerprint density at radius 3 is 2.65 bits per heavy atom. The van der Waals surface area contributed by atoms with Gasteiger partial charge in [-0.3, -0.25) is 4.90 Å². The first-order valence-corrected chi connectivity index (χ1v) is 13.5. The summed E-state index contributed by atoms with van der Waals surface area (Å²) in [4.78, 5) is 32.0. The summed E-state index contributed by atoms with van der Waals surface area (Å²) >= 11 is 1.74. The summed E-state index contributed by atoms with van der Waals surface area (Å²) in [5, 5.41) is 9.99. The van der Waals surface area contributed by atoms with Gasteiger partial charge in [0.1, 0.15) is 5.75 Å². The van der Waals surface area contributed by atoms with E-state index in [-0.39, 0.29) is 11.8 Å². The summed E-state index contributed by atoms with van der Waals surface area (Å²) in [7, 11) is 3.47. The highest BCUT2D eigenvalue weighted by atomic mass is 32.1. The van der Waals surface area contributed by atoms with Gasteiger partial charge >= 0.3 is 6.03 Å². The fourth-order valence-electron chi connectivity index (χ4n) is 4.69. The lowest BCUT2D eigenvalue weighted by Crippen LogP contribution is -2.52. The van der Waals surface area contributed by atoms with Crippen LogP contribution >= 0.6 is 11.3 Å². The van der Waals surface area contributed by atoms with E-state index in [1.54, 1.807) is 35.5 Å². The molecule has 0 bridgehead atoms. The van der Waals surface area contributed by atoms with Crippen molar-refractivity contribution < 1.29 is 19.4 Å². The van der Waals surface area contributed by atoms with E-state index < -0.39 is 0 Å². The molecule has 1 aromatic carbocycles. The van der Waals surface area contributed by atoms with E-state index in [0.29, 0.717) is 45.3 Å². The molecular formula is C26H34N6O4S. The number of methoxy groups -OCH3 is 1. The molecule has 11 heteroatoms. The van der Waals surface area contributed by atoms with E-state index in [9.17, 15) is 9.90 Å². The molecule has 2 aromatic heterocycles. The number of hydrogen-bond donors (Lipinski definition) is 1. The van der Waals surface area contributed by atoms with Crippen LogP contribution in [-0.4, -0.2) is 116 Å². The zero-order valence-corrected chi connectivity index (χ0v) is 22.2. The number of piperazine rings is 1. The average Bonchev–Trinajstić information content (AvgIpc) is 3.34. The van der Waals surface area contributed by atoms with Crippen molar-refractivity contribution in [3.8, 4) is 17.1 Å². The number of urea groups is 1. The molecule has 198 valence electrons. The van der Waals surface area contributed by atoms with Gasteiger partial charge < -0.3 is 29.3 Å². The van der Waals surface area contributed by atoms with Gasteiger partial charge in [-0.15, -0.1) is 11.3 Å². The van der Waals surface area contributed by atoms with Crippen LogP contribution in [0.25, 0.3) is 21.6 Å². The van der Waals surface area contributed by atoms with Crippen LogP contribution in [0.2, 0.25) is 0 Å². The van der Waals surface area contributed by atoms with Crippen LogP contribution in [0.4, 0.5) is 10.6 Å². The molecule has 2 aliphatic heterocycles. The zero-order chi connectivity index (χ0) is 25.8. The van der Waals surface area contributed by atoms with Gasteiger partial charge in [0.15, 0.2) is 11.6 Å². The maximum Gasteiger partial charge on any atom is 0.319 e. The number of benzene rings is 1. The molecule has 2 saturated heterocycles. The Hall–Kier alpha value is -2.99. The number of morpholine rings is 1. The fraction of sp³-hybridized carbons (Fsp3) is 0.500. The van der Waals surface area contributed by atoms with Gasteiger partial charge in [0, 0.05) is 77.0 Å². The predicted octanol–water partition coefficient (Wildman–Crippen LogP) is 2.72. The van der Waals surface area contributed by atoms with Gasteiger partial charge in [-0.25, -0.2) is 14.8 Å². The Morgan fingerprint density at radius 2 is 1.92 bits per heavy atom. The second-order valence-electron chi connectivity index (χ2n) is 9.41. The number of aromatic hydroxyl groups is 1. The second-order valence-corrected chi connectivity index (χ2v) is 10.5. The minimum Gasteiger partial charge on any atom is -0.508 e. The smallest absolute Gasteiger partial charge is 0.319 e. The minimum absolute atomic E-state index is 0.0588. The second kappa shape index (κ2) is 11.6. The molecule has 10 nitrogen and oxygen atoms in total. The highest BCUT2D eigenvalue weighted by Gasteiger charge is 2.25. The molecule has 2 aliphatic rings. The standard InChI is InChI=1S/C26H34N6O4S/c1-29(10-13-35-2)26(34)32-8-6-30(7-9-32)18-21-17-22-23(37-21)25(31-11-14-36-15-12-31)28-24(27-22)19-4-3-5-20(33)16-19/h3-5,16-17,33H,6-15,18H2,1-2H3. The molecule has 0 saturated carbocycles. The molecule has 3 aromatic rings. The summed E-state index contributed by atoms with van der Waals surface area (Å²) in [6.45, 7) is 7.94. The van der Waals surface area contributed by atoms with Crippen LogP contribution in [-0.2, 0) is 16.0 Å². The van der Waals surface area contributed by atoms with E-state index in [1.807, 2.05) is 24.1 Å². The third-order valence-electron chi connectivity index (χ3n) is 6.80. The minimum atomic E-state index is 0.0588. The number of amides is 2. The van der Waals surface area contributed by atoms with Crippen molar-refractivity contribution in [1.82, 2.24) is 24.7 Å². The molecule has 5 rings (SSSR count). The zero-order valence-electron chi connectivity index (χ0n) is 21.4. The van der Waals surface area contributed by atoms with Crippen molar-refractivity contribution in [2.24, 2.45) is 0 Å². The predicted molar refractivity (Wildman–Crippen MR) is 144 cm³/mol.